The highest BCUT2D eigenvalue weighted by Crippen LogP contribution is 2.20. The topological polar surface area (TPSA) is 149 Å². The number of hydrogen-bond donors (Lipinski definition) is 5. The number of carbonyl (C=O) groups excluding carboxylic acids is 2. The third kappa shape index (κ3) is 4.41. The van der Waals surface area contributed by atoms with Gasteiger partial charge in [0.05, 0.1) is 12.1 Å². The standard InChI is InChI=1S/C20H26N4O5/c1-11(25)17(19(27)24-8-4-7-16(24)20(28)29)23-18(26)14(21)9-12-10-22-15-6-3-2-5-13(12)15/h2-3,5-6,10-11,14,16-17,22,25H,4,7-9,21H2,1H3,(H,23,26)(H,28,29). The number of nitrogens with one attached hydrogen (secondary N) is 2. The third-order valence-corrected chi connectivity index (χ3v) is 5.32. The molecule has 29 heavy (non-hydrogen) atoms. The van der Waals surface area contributed by atoms with Gasteiger partial charge < -0.3 is 31.1 Å². The predicted molar refractivity (Wildman–Crippen MR) is 106 cm³/mol. The number of aromatic nitrogens is 1. The molecule has 1 saturated heterocycles. The lowest BCUT2D eigenvalue weighted by Crippen LogP contribution is -2.58. The van der Waals surface area contributed by atoms with E-state index in [1.165, 1.54) is 11.8 Å². The smallest absolute Gasteiger partial charge is 0.326 e. The number of aromatic amines is 1. The number of fused-ring (bicyclic) bond motifs is 1. The van der Waals surface area contributed by atoms with Crippen LogP contribution in [0.15, 0.2) is 30.5 Å². The molecule has 0 spiro atoms. The number of aliphatic carboxylic acids is 1. The molecule has 3 rings (SSSR count). The Morgan fingerprint density at radius 2 is 2.07 bits per heavy atom. The van der Waals surface area contributed by atoms with E-state index in [4.69, 9.17) is 5.73 Å². The van der Waals surface area contributed by atoms with Crippen molar-refractivity contribution >= 4 is 28.7 Å². The fourth-order valence-electron chi connectivity index (χ4n) is 3.74. The van der Waals surface area contributed by atoms with Gasteiger partial charge in [-0.1, -0.05) is 18.2 Å². The van der Waals surface area contributed by atoms with Crippen molar-refractivity contribution in [2.24, 2.45) is 5.73 Å². The zero-order valence-corrected chi connectivity index (χ0v) is 16.2. The van der Waals surface area contributed by atoms with Crippen LogP contribution in [0.3, 0.4) is 0 Å². The normalized spacial score (nSPS) is 19.7. The molecule has 6 N–H and O–H groups in total. The van der Waals surface area contributed by atoms with Gasteiger partial charge >= 0.3 is 5.97 Å². The molecule has 2 aromatic rings. The van der Waals surface area contributed by atoms with E-state index in [9.17, 15) is 24.6 Å². The number of nitrogens with two attached hydrogens (primary N) is 1. The number of amides is 2. The molecular formula is C20H26N4O5. The summed E-state index contributed by atoms with van der Waals surface area (Å²) in [5.41, 5.74) is 7.85. The Morgan fingerprint density at radius 3 is 2.76 bits per heavy atom. The predicted octanol–water partition coefficient (Wildman–Crippen LogP) is -0.0211. The number of rotatable bonds is 7. The molecule has 4 atom stereocenters. The highest BCUT2D eigenvalue weighted by Gasteiger charge is 2.39. The maximum absolute atomic E-state index is 12.8. The molecule has 0 bridgehead atoms. The minimum Gasteiger partial charge on any atom is -0.480 e. The van der Waals surface area contributed by atoms with Gasteiger partial charge in [-0.25, -0.2) is 4.79 Å². The zero-order valence-electron chi connectivity index (χ0n) is 16.2. The first kappa shape index (κ1) is 20.8. The molecule has 156 valence electrons. The Kier molecular flexibility index (Phi) is 6.19. The summed E-state index contributed by atoms with van der Waals surface area (Å²) < 4.78 is 0. The summed E-state index contributed by atoms with van der Waals surface area (Å²) in [5, 5.41) is 22.8. The molecular weight excluding hydrogens is 376 g/mol. The maximum Gasteiger partial charge on any atom is 0.326 e. The fourth-order valence-corrected chi connectivity index (χ4v) is 3.74. The highest BCUT2D eigenvalue weighted by atomic mass is 16.4. The number of aliphatic hydroxyl groups excluding tert-OH is 1. The van der Waals surface area contributed by atoms with E-state index in [0.717, 1.165) is 16.5 Å². The molecule has 9 heteroatoms. The van der Waals surface area contributed by atoms with E-state index in [0.29, 0.717) is 12.8 Å². The van der Waals surface area contributed by atoms with Gasteiger partial charge in [0.1, 0.15) is 12.1 Å². The van der Waals surface area contributed by atoms with Crippen LogP contribution in [0.1, 0.15) is 25.3 Å². The average Bonchev–Trinajstić information content (AvgIpc) is 3.33. The number of carboxylic acid groups (broad SMARTS) is 1. The first-order valence-electron chi connectivity index (χ1n) is 9.62. The van der Waals surface area contributed by atoms with Gasteiger partial charge in [-0.2, -0.15) is 0 Å². The van der Waals surface area contributed by atoms with E-state index < -0.39 is 42.0 Å². The number of aliphatic hydroxyl groups is 1. The van der Waals surface area contributed by atoms with Gasteiger partial charge in [0.2, 0.25) is 11.8 Å². The van der Waals surface area contributed by atoms with Crippen LogP contribution in [0.2, 0.25) is 0 Å². The summed E-state index contributed by atoms with van der Waals surface area (Å²) >= 11 is 0. The van der Waals surface area contributed by atoms with E-state index >= 15 is 0 Å². The first-order chi connectivity index (χ1) is 13.8. The van der Waals surface area contributed by atoms with Gasteiger partial charge in [0, 0.05) is 23.6 Å². The second-order valence-electron chi connectivity index (χ2n) is 7.42. The van der Waals surface area contributed by atoms with Gasteiger partial charge in [-0.05, 0) is 37.8 Å². The summed E-state index contributed by atoms with van der Waals surface area (Å²) in [7, 11) is 0. The van der Waals surface area contributed by atoms with E-state index in [1.807, 2.05) is 24.3 Å². The molecule has 2 heterocycles. The molecule has 1 aromatic heterocycles. The summed E-state index contributed by atoms with van der Waals surface area (Å²) in [6.07, 6.45) is 1.75. The number of carboxylic acids is 1. The minimum atomic E-state index is -1.25. The zero-order chi connectivity index (χ0) is 21.1. The van der Waals surface area contributed by atoms with Gasteiger partial charge in [0.25, 0.3) is 0 Å². The Balaban J connectivity index is 1.69. The first-order valence-corrected chi connectivity index (χ1v) is 9.62. The lowest BCUT2D eigenvalue weighted by atomic mass is 10.0. The average molecular weight is 402 g/mol. The van der Waals surface area contributed by atoms with Gasteiger partial charge in [-0.15, -0.1) is 0 Å². The number of H-pyrrole nitrogens is 1. The molecule has 0 aliphatic carbocycles. The number of carbonyl (C=O) groups is 3. The van der Waals surface area contributed by atoms with Crippen molar-refractivity contribution in [1.82, 2.24) is 15.2 Å². The maximum atomic E-state index is 12.8. The third-order valence-electron chi connectivity index (χ3n) is 5.32. The largest absolute Gasteiger partial charge is 0.480 e. The van der Waals surface area contributed by atoms with Crippen molar-refractivity contribution in [3.05, 3.63) is 36.0 Å². The summed E-state index contributed by atoms with van der Waals surface area (Å²) in [6.45, 7) is 1.65. The molecule has 0 saturated carbocycles. The van der Waals surface area contributed by atoms with Gasteiger partial charge in [-0.3, -0.25) is 9.59 Å². The van der Waals surface area contributed by atoms with Crippen LogP contribution < -0.4 is 11.1 Å². The highest BCUT2D eigenvalue weighted by molar-refractivity contribution is 5.93. The Hall–Kier alpha value is -2.91. The number of benzene rings is 1. The van der Waals surface area contributed by atoms with Crippen LogP contribution in [0.4, 0.5) is 0 Å². The minimum absolute atomic E-state index is 0.248. The van der Waals surface area contributed by atoms with Crippen LogP contribution in [0.5, 0.6) is 0 Å². The molecule has 4 unspecified atom stereocenters. The molecule has 2 amide bonds. The fraction of sp³-hybridized carbons (Fsp3) is 0.450. The molecule has 1 aromatic carbocycles. The Bertz CT molecular complexity index is 909. The second-order valence-corrected chi connectivity index (χ2v) is 7.42. The van der Waals surface area contributed by atoms with Crippen LogP contribution in [-0.2, 0) is 20.8 Å². The number of likely N-dealkylation sites (tertiary alicyclic amines) is 1. The molecule has 1 fully saturated rings. The van der Waals surface area contributed by atoms with E-state index in [-0.39, 0.29) is 13.0 Å². The molecule has 9 nitrogen and oxygen atoms in total. The summed E-state index contributed by atoms with van der Waals surface area (Å²) in [5.74, 6) is -2.29. The SMILES string of the molecule is CC(O)C(NC(=O)C(N)Cc1c[nH]c2ccccc12)C(=O)N1CCCC1C(=O)O. The summed E-state index contributed by atoms with van der Waals surface area (Å²) in [6, 6.07) is 4.50. The second kappa shape index (κ2) is 8.62. The Morgan fingerprint density at radius 1 is 1.34 bits per heavy atom. The lowest BCUT2D eigenvalue weighted by molar-refractivity contribution is -0.150. The number of nitrogens with zero attached hydrogens (tertiary/aromatic N) is 1. The van der Waals surface area contributed by atoms with Crippen LogP contribution in [0, 0.1) is 0 Å². The van der Waals surface area contributed by atoms with Crippen molar-refractivity contribution in [2.75, 3.05) is 6.54 Å². The quantitative estimate of drug-likeness (QED) is 0.439. The van der Waals surface area contributed by atoms with Crippen molar-refractivity contribution < 1.29 is 24.6 Å². The molecule has 1 aliphatic rings. The molecule has 0 radical (unpaired) electrons. The lowest BCUT2D eigenvalue weighted by Gasteiger charge is -2.29. The van der Waals surface area contributed by atoms with Crippen molar-refractivity contribution in [1.29, 1.82) is 0 Å². The summed E-state index contributed by atoms with van der Waals surface area (Å²) in [4.78, 5) is 41.1. The van der Waals surface area contributed by atoms with E-state index in [1.54, 1.807) is 6.20 Å². The molecule has 1 aliphatic heterocycles. The van der Waals surface area contributed by atoms with Crippen LogP contribution in [-0.4, -0.2) is 68.7 Å². The van der Waals surface area contributed by atoms with E-state index in [2.05, 4.69) is 10.3 Å². The van der Waals surface area contributed by atoms with Crippen LogP contribution >= 0.6 is 0 Å². The monoisotopic (exact) mass is 402 g/mol. The Labute approximate surface area is 167 Å². The van der Waals surface area contributed by atoms with Gasteiger partial charge in [0.15, 0.2) is 0 Å². The number of hydrogen-bond acceptors (Lipinski definition) is 5. The number of para-hydroxylation sites is 1. The van der Waals surface area contributed by atoms with Crippen molar-refractivity contribution in [3.63, 3.8) is 0 Å². The van der Waals surface area contributed by atoms with Crippen molar-refractivity contribution in [2.45, 2.75) is 50.4 Å². The van der Waals surface area contributed by atoms with Crippen molar-refractivity contribution in [3.8, 4) is 0 Å². The van der Waals surface area contributed by atoms with Crippen LogP contribution in [0.25, 0.3) is 10.9 Å².